The van der Waals surface area contributed by atoms with Crippen molar-refractivity contribution in [3.8, 4) is 0 Å². The van der Waals surface area contributed by atoms with E-state index in [2.05, 4.69) is 4.90 Å². The van der Waals surface area contributed by atoms with Gasteiger partial charge in [0.2, 0.25) is 5.91 Å². The van der Waals surface area contributed by atoms with E-state index in [0.29, 0.717) is 13.0 Å². The number of amides is 1. The maximum Gasteiger partial charge on any atom is 0.239 e. The lowest BCUT2D eigenvalue weighted by atomic mass is 10.2. The lowest BCUT2D eigenvalue weighted by Gasteiger charge is -2.24. The fourth-order valence-electron chi connectivity index (χ4n) is 2.06. The van der Waals surface area contributed by atoms with Gasteiger partial charge in [-0.05, 0) is 32.4 Å². The van der Waals surface area contributed by atoms with Crippen LogP contribution in [0.4, 0.5) is 0 Å². The van der Waals surface area contributed by atoms with Gasteiger partial charge in [-0.15, -0.1) is 0 Å². The molecular formula is C12H25N3O2. The third-order valence-electron chi connectivity index (χ3n) is 3.28. The highest BCUT2D eigenvalue weighted by molar-refractivity contribution is 5.81. The summed E-state index contributed by atoms with van der Waals surface area (Å²) in [5.41, 5.74) is 5.80. The Kier molecular flexibility index (Phi) is 6.47. The van der Waals surface area contributed by atoms with Crippen LogP contribution in [0.3, 0.4) is 0 Å². The number of rotatable bonds is 7. The molecule has 5 nitrogen and oxygen atoms in total. The van der Waals surface area contributed by atoms with Crippen molar-refractivity contribution < 1.29 is 9.53 Å². The molecule has 0 aromatic heterocycles. The number of ether oxygens (including phenoxy) is 1. The number of carbonyl (C=O) groups is 1. The summed E-state index contributed by atoms with van der Waals surface area (Å²) >= 11 is 0. The summed E-state index contributed by atoms with van der Waals surface area (Å²) in [4.78, 5) is 16.0. The second-order valence-electron chi connectivity index (χ2n) is 4.70. The summed E-state index contributed by atoms with van der Waals surface area (Å²) in [7, 11) is 3.44. The number of likely N-dealkylation sites (N-methyl/N-ethyl adjacent to an activating group) is 1. The fraction of sp³-hybridized carbons (Fsp3) is 0.917. The van der Waals surface area contributed by atoms with Gasteiger partial charge in [-0.1, -0.05) is 0 Å². The molecule has 0 saturated carbocycles. The standard InChI is InChI=1S/C12H25N3O2/c1-14(8-9-15-6-3-4-7-15)12(16)11(13)5-10-17-2/h11H,3-10,13H2,1-2H3. The predicted octanol–water partition coefficient (Wildman–Crippen LogP) is -0.0956. The van der Waals surface area contributed by atoms with E-state index in [9.17, 15) is 4.79 Å². The first-order valence-corrected chi connectivity index (χ1v) is 6.37. The molecule has 0 radical (unpaired) electrons. The average molecular weight is 243 g/mol. The van der Waals surface area contributed by atoms with E-state index in [1.54, 1.807) is 12.0 Å². The largest absolute Gasteiger partial charge is 0.385 e. The fourth-order valence-corrected chi connectivity index (χ4v) is 2.06. The van der Waals surface area contributed by atoms with Gasteiger partial charge in [0.15, 0.2) is 0 Å². The number of carbonyl (C=O) groups excluding carboxylic acids is 1. The lowest BCUT2D eigenvalue weighted by molar-refractivity contribution is -0.131. The lowest BCUT2D eigenvalue weighted by Crippen LogP contribution is -2.44. The molecule has 1 unspecified atom stereocenters. The van der Waals surface area contributed by atoms with Crippen molar-refractivity contribution in [1.29, 1.82) is 0 Å². The number of likely N-dealkylation sites (tertiary alicyclic amines) is 1. The molecule has 0 spiro atoms. The number of hydrogen-bond acceptors (Lipinski definition) is 4. The summed E-state index contributed by atoms with van der Waals surface area (Å²) in [5.74, 6) is 0.0150. The highest BCUT2D eigenvalue weighted by atomic mass is 16.5. The van der Waals surface area contributed by atoms with Gasteiger partial charge in [0.05, 0.1) is 6.04 Å². The van der Waals surface area contributed by atoms with E-state index in [1.807, 2.05) is 7.05 Å². The molecule has 1 saturated heterocycles. The summed E-state index contributed by atoms with van der Waals surface area (Å²) in [5, 5.41) is 0. The van der Waals surface area contributed by atoms with Crippen molar-refractivity contribution in [1.82, 2.24) is 9.80 Å². The van der Waals surface area contributed by atoms with Gasteiger partial charge < -0.3 is 20.3 Å². The zero-order chi connectivity index (χ0) is 12.7. The van der Waals surface area contributed by atoms with E-state index in [0.717, 1.165) is 26.2 Å². The average Bonchev–Trinajstić information content (AvgIpc) is 2.85. The molecule has 100 valence electrons. The molecule has 0 bridgehead atoms. The van der Waals surface area contributed by atoms with E-state index in [-0.39, 0.29) is 5.91 Å². The summed E-state index contributed by atoms with van der Waals surface area (Å²) in [6.45, 7) is 4.58. The van der Waals surface area contributed by atoms with Crippen LogP contribution in [0.5, 0.6) is 0 Å². The number of methoxy groups -OCH3 is 1. The second-order valence-corrected chi connectivity index (χ2v) is 4.70. The summed E-state index contributed by atoms with van der Waals surface area (Å²) in [6.07, 6.45) is 3.15. The zero-order valence-corrected chi connectivity index (χ0v) is 11.0. The third-order valence-corrected chi connectivity index (χ3v) is 3.28. The molecule has 1 fully saturated rings. The van der Waals surface area contributed by atoms with Gasteiger partial charge in [-0.3, -0.25) is 4.79 Å². The molecule has 2 N–H and O–H groups in total. The zero-order valence-electron chi connectivity index (χ0n) is 11.0. The Morgan fingerprint density at radius 1 is 1.47 bits per heavy atom. The Bertz CT molecular complexity index is 230. The minimum absolute atomic E-state index is 0.0150. The highest BCUT2D eigenvalue weighted by Gasteiger charge is 2.19. The summed E-state index contributed by atoms with van der Waals surface area (Å²) in [6, 6.07) is -0.432. The first-order valence-electron chi connectivity index (χ1n) is 6.37. The number of hydrogen-bond donors (Lipinski definition) is 1. The van der Waals surface area contributed by atoms with Crippen molar-refractivity contribution in [2.24, 2.45) is 5.73 Å². The summed E-state index contributed by atoms with van der Waals surface area (Å²) < 4.78 is 4.92. The maximum absolute atomic E-state index is 11.9. The van der Waals surface area contributed by atoms with E-state index in [1.165, 1.54) is 12.8 Å². The van der Waals surface area contributed by atoms with Gasteiger partial charge in [0, 0.05) is 33.9 Å². The molecule has 1 aliphatic heterocycles. The first kappa shape index (κ1) is 14.4. The van der Waals surface area contributed by atoms with E-state index < -0.39 is 6.04 Å². The molecule has 17 heavy (non-hydrogen) atoms. The van der Waals surface area contributed by atoms with Crippen LogP contribution in [0.1, 0.15) is 19.3 Å². The van der Waals surface area contributed by atoms with Crippen LogP contribution in [-0.2, 0) is 9.53 Å². The van der Waals surface area contributed by atoms with Gasteiger partial charge in [-0.2, -0.15) is 0 Å². The van der Waals surface area contributed by atoms with Crippen molar-refractivity contribution in [3.05, 3.63) is 0 Å². The topological polar surface area (TPSA) is 58.8 Å². The molecule has 0 aromatic carbocycles. The van der Waals surface area contributed by atoms with Crippen molar-refractivity contribution in [3.63, 3.8) is 0 Å². The molecular weight excluding hydrogens is 218 g/mol. The monoisotopic (exact) mass is 243 g/mol. The Morgan fingerprint density at radius 3 is 2.71 bits per heavy atom. The number of nitrogens with two attached hydrogens (primary N) is 1. The van der Waals surface area contributed by atoms with Crippen molar-refractivity contribution >= 4 is 5.91 Å². The minimum Gasteiger partial charge on any atom is -0.385 e. The van der Waals surface area contributed by atoms with Gasteiger partial charge in [0.1, 0.15) is 0 Å². The Morgan fingerprint density at radius 2 is 2.12 bits per heavy atom. The van der Waals surface area contributed by atoms with Gasteiger partial charge in [-0.25, -0.2) is 0 Å². The van der Waals surface area contributed by atoms with Crippen LogP contribution in [0, 0.1) is 0 Å². The Labute approximate surface area is 104 Å². The third kappa shape index (κ3) is 5.02. The first-order chi connectivity index (χ1) is 8.15. The van der Waals surface area contributed by atoms with E-state index >= 15 is 0 Å². The smallest absolute Gasteiger partial charge is 0.239 e. The van der Waals surface area contributed by atoms with Crippen LogP contribution in [-0.4, -0.2) is 68.7 Å². The SMILES string of the molecule is COCCC(N)C(=O)N(C)CCN1CCCC1. The van der Waals surface area contributed by atoms with Crippen molar-refractivity contribution in [2.45, 2.75) is 25.3 Å². The van der Waals surface area contributed by atoms with Gasteiger partial charge >= 0.3 is 0 Å². The Balaban J connectivity index is 2.20. The molecule has 1 heterocycles. The van der Waals surface area contributed by atoms with E-state index in [4.69, 9.17) is 10.5 Å². The number of nitrogens with zero attached hydrogens (tertiary/aromatic N) is 2. The normalized spacial score (nSPS) is 18.3. The maximum atomic E-state index is 11.9. The molecule has 5 heteroatoms. The highest BCUT2D eigenvalue weighted by Crippen LogP contribution is 2.06. The van der Waals surface area contributed by atoms with Crippen molar-refractivity contribution in [2.75, 3.05) is 46.9 Å². The molecule has 1 amide bonds. The van der Waals surface area contributed by atoms with Crippen LogP contribution in [0.15, 0.2) is 0 Å². The van der Waals surface area contributed by atoms with Crippen LogP contribution in [0.25, 0.3) is 0 Å². The van der Waals surface area contributed by atoms with Crippen LogP contribution in [0.2, 0.25) is 0 Å². The molecule has 1 rings (SSSR count). The quantitative estimate of drug-likeness (QED) is 0.678. The Hall–Kier alpha value is -0.650. The van der Waals surface area contributed by atoms with Crippen LogP contribution < -0.4 is 5.73 Å². The molecule has 1 atom stereocenters. The van der Waals surface area contributed by atoms with Crippen LogP contribution >= 0.6 is 0 Å². The molecule has 0 aliphatic carbocycles. The predicted molar refractivity (Wildman–Crippen MR) is 67.8 cm³/mol. The molecule has 0 aromatic rings. The minimum atomic E-state index is -0.432. The second kappa shape index (κ2) is 7.63. The molecule has 1 aliphatic rings. The van der Waals surface area contributed by atoms with Gasteiger partial charge in [0.25, 0.3) is 0 Å².